The predicted molar refractivity (Wildman–Crippen MR) is 136 cm³/mol. The van der Waals surface area contributed by atoms with Crippen LogP contribution in [0.25, 0.3) is 6.08 Å². The summed E-state index contributed by atoms with van der Waals surface area (Å²) >= 11 is 5.35. The van der Waals surface area contributed by atoms with Gasteiger partial charge in [-0.3, -0.25) is 14.9 Å². The van der Waals surface area contributed by atoms with E-state index in [1.807, 2.05) is 18.2 Å². The van der Waals surface area contributed by atoms with Crippen molar-refractivity contribution in [3.05, 3.63) is 96.0 Å². The van der Waals surface area contributed by atoms with Gasteiger partial charge in [-0.15, -0.1) is 0 Å². The molecule has 12 heteroatoms. The number of hydrogen-bond donors (Lipinski definition) is 1. The summed E-state index contributed by atoms with van der Waals surface area (Å²) in [6.45, 7) is 0. The van der Waals surface area contributed by atoms with E-state index in [0.717, 1.165) is 27.8 Å². The van der Waals surface area contributed by atoms with Gasteiger partial charge in [0.05, 0.1) is 9.40 Å². The molecule has 0 bridgehead atoms. The summed E-state index contributed by atoms with van der Waals surface area (Å²) in [6.07, 6.45) is 1.35. The van der Waals surface area contributed by atoms with E-state index < -0.39 is 20.9 Å². The van der Waals surface area contributed by atoms with Gasteiger partial charge in [-0.2, -0.15) is 13.7 Å². The molecule has 0 radical (unpaired) electrons. The molecular formula is C22H13BrIN3O6S. The van der Waals surface area contributed by atoms with Gasteiger partial charge in [0, 0.05) is 21.4 Å². The Morgan fingerprint density at radius 3 is 2.32 bits per heavy atom. The number of nitriles is 1. The number of halogens is 2. The molecular weight excluding hydrogens is 641 g/mol. The molecule has 0 atom stereocenters. The third-order valence-corrected chi connectivity index (χ3v) is 6.86. The van der Waals surface area contributed by atoms with Crippen molar-refractivity contribution in [1.29, 1.82) is 5.26 Å². The number of carbonyl (C=O) groups is 1. The largest absolute Gasteiger partial charge is 0.378 e. The van der Waals surface area contributed by atoms with Crippen LogP contribution in [0.15, 0.2) is 81.7 Å². The SMILES string of the molecule is N#C/C(=C/c1ccc(OS(=O)(=O)c2ccc([N+](=O)[O-])cc2)c(Br)c1)C(=O)Nc1ccc(I)cc1. The number of benzene rings is 3. The smallest absolute Gasteiger partial charge is 0.339 e. The Labute approximate surface area is 216 Å². The summed E-state index contributed by atoms with van der Waals surface area (Å²) in [5.74, 6) is -0.641. The van der Waals surface area contributed by atoms with Gasteiger partial charge in [-0.1, -0.05) is 6.07 Å². The fraction of sp³-hybridized carbons (Fsp3) is 0. The lowest BCUT2D eigenvalue weighted by molar-refractivity contribution is -0.384. The van der Waals surface area contributed by atoms with Crippen LogP contribution in [0.1, 0.15) is 5.56 Å². The fourth-order valence-electron chi connectivity index (χ4n) is 2.62. The molecule has 34 heavy (non-hydrogen) atoms. The first kappa shape index (κ1) is 25.3. The van der Waals surface area contributed by atoms with Crippen LogP contribution in [-0.2, 0) is 14.9 Å². The molecule has 3 aromatic rings. The number of hydrogen-bond acceptors (Lipinski definition) is 7. The van der Waals surface area contributed by atoms with Gasteiger partial charge in [0.2, 0.25) is 0 Å². The van der Waals surface area contributed by atoms with Gasteiger partial charge >= 0.3 is 10.1 Å². The second-order valence-electron chi connectivity index (χ2n) is 6.61. The Bertz CT molecular complexity index is 1430. The summed E-state index contributed by atoms with van der Waals surface area (Å²) in [7, 11) is -4.26. The van der Waals surface area contributed by atoms with Gasteiger partial charge < -0.3 is 9.50 Å². The zero-order chi connectivity index (χ0) is 24.9. The molecule has 0 saturated heterocycles. The number of nitrogens with one attached hydrogen (secondary N) is 1. The second-order valence-corrected chi connectivity index (χ2v) is 10.3. The lowest BCUT2D eigenvalue weighted by atomic mass is 10.1. The van der Waals surface area contributed by atoms with Crippen molar-refractivity contribution in [3.8, 4) is 11.8 Å². The van der Waals surface area contributed by atoms with E-state index in [-0.39, 0.29) is 26.4 Å². The van der Waals surface area contributed by atoms with Crippen molar-refractivity contribution < 1.29 is 22.3 Å². The van der Waals surface area contributed by atoms with Crippen LogP contribution in [0.5, 0.6) is 5.75 Å². The number of amides is 1. The Morgan fingerprint density at radius 2 is 1.76 bits per heavy atom. The first-order valence-corrected chi connectivity index (χ1v) is 12.5. The number of nitrogens with zero attached hydrogens (tertiary/aromatic N) is 2. The molecule has 9 nitrogen and oxygen atoms in total. The Morgan fingerprint density at radius 1 is 1.12 bits per heavy atom. The van der Waals surface area contributed by atoms with E-state index in [1.165, 1.54) is 24.3 Å². The molecule has 0 aromatic heterocycles. The summed E-state index contributed by atoms with van der Waals surface area (Å²) in [6, 6.07) is 17.5. The Balaban J connectivity index is 1.78. The highest BCUT2D eigenvalue weighted by molar-refractivity contribution is 14.1. The van der Waals surface area contributed by atoms with E-state index >= 15 is 0 Å². The number of carbonyl (C=O) groups excluding carboxylic acids is 1. The predicted octanol–water partition coefficient (Wildman–Crippen LogP) is 5.28. The Hall–Kier alpha value is -3.28. The van der Waals surface area contributed by atoms with Crippen molar-refractivity contribution in [2.24, 2.45) is 0 Å². The molecule has 172 valence electrons. The van der Waals surface area contributed by atoms with Crippen molar-refractivity contribution in [2.75, 3.05) is 5.32 Å². The van der Waals surface area contributed by atoms with E-state index in [0.29, 0.717) is 11.3 Å². The average Bonchev–Trinajstić information content (AvgIpc) is 2.80. The summed E-state index contributed by atoms with van der Waals surface area (Å²) in [5.41, 5.74) is 0.572. The van der Waals surface area contributed by atoms with E-state index in [4.69, 9.17) is 4.18 Å². The zero-order valence-corrected chi connectivity index (χ0v) is 21.5. The normalized spacial score (nSPS) is 11.4. The summed E-state index contributed by atoms with van der Waals surface area (Å²) in [5, 5.41) is 22.8. The lowest BCUT2D eigenvalue weighted by Crippen LogP contribution is -2.13. The van der Waals surface area contributed by atoms with Gasteiger partial charge in [0.15, 0.2) is 5.75 Å². The van der Waals surface area contributed by atoms with Crippen LogP contribution in [0, 0.1) is 25.0 Å². The molecule has 0 heterocycles. The number of nitro groups is 1. The molecule has 0 unspecified atom stereocenters. The zero-order valence-electron chi connectivity index (χ0n) is 16.9. The number of non-ortho nitro benzene ring substituents is 1. The highest BCUT2D eigenvalue weighted by Crippen LogP contribution is 2.30. The van der Waals surface area contributed by atoms with E-state index in [9.17, 15) is 28.6 Å². The third kappa shape index (κ3) is 6.40. The van der Waals surface area contributed by atoms with Gasteiger partial charge in [0.25, 0.3) is 11.6 Å². The highest BCUT2D eigenvalue weighted by atomic mass is 127. The highest BCUT2D eigenvalue weighted by Gasteiger charge is 2.20. The summed E-state index contributed by atoms with van der Waals surface area (Å²) in [4.78, 5) is 22.3. The minimum absolute atomic E-state index is 0.0441. The van der Waals surface area contributed by atoms with Crippen LogP contribution in [0.4, 0.5) is 11.4 Å². The minimum Gasteiger partial charge on any atom is -0.378 e. The molecule has 0 saturated carbocycles. The maximum absolute atomic E-state index is 12.5. The minimum atomic E-state index is -4.26. The molecule has 0 aliphatic heterocycles. The third-order valence-electron chi connectivity index (χ3n) is 4.27. The standard InChI is InChI=1S/C22H13BrIN3O6S/c23-20-12-14(11-15(13-25)22(28)26-17-4-2-16(24)3-5-17)1-10-21(20)33-34(31,32)19-8-6-18(7-9-19)27(29)30/h1-12H,(H,26,28)/b15-11-. The molecule has 1 N–H and O–H groups in total. The van der Waals surface area contributed by atoms with Crippen molar-refractivity contribution in [1.82, 2.24) is 0 Å². The fourth-order valence-corrected chi connectivity index (χ4v) is 4.51. The van der Waals surface area contributed by atoms with E-state index in [1.54, 1.807) is 12.1 Å². The monoisotopic (exact) mass is 653 g/mol. The van der Waals surface area contributed by atoms with E-state index in [2.05, 4.69) is 43.8 Å². The molecule has 0 fully saturated rings. The van der Waals surface area contributed by atoms with Crippen LogP contribution >= 0.6 is 38.5 Å². The molecule has 3 aromatic carbocycles. The maximum atomic E-state index is 12.5. The number of rotatable bonds is 7. The van der Waals surface area contributed by atoms with Crippen LogP contribution in [0.2, 0.25) is 0 Å². The first-order valence-electron chi connectivity index (χ1n) is 9.26. The maximum Gasteiger partial charge on any atom is 0.339 e. The number of anilines is 1. The van der Waals surface area contributed by atoms with Gasteiger partial charge in [0.1, 0.15) is 16.5 Å². The van der Waals surface area contributed by atoms with Gasteiger partial charge in [-0.25, -0.2) is 0 Å². The summed E-state index contributed by atoms with van der Waals surface area (Å²) < 4.78 is 31.4. The van der Waals surface area contributed by atoms with Crippen molar-refractivity contribution in [2.45, 2.75) is 4.90 Å². The van der Waals surface area contributed by atoms with Crippen molar-refractivity contribution in [3.63, 3.8) is 0 Å². The van der Waals surface area contributed by atoms with Gasteiger partial charge in [-0.05, 0) is 98.7 Å². The van der Waals surface area contributed by atoms with Crippen LogP contribution < -0.4 is 9.50 Å². The number of nitro benzene ring substituents is 1. The molecule has 0 spiro atoms. The van der Waals surface area contributed by atoms with Crippen molar-refractivity contribution >= 4 is 72.0 Å². The quantitative estimate of drug-likeness (QED) is 0.0914. The first-order chi connectivity index (χ1) is 16.1. The molecule has 0 aliphatic carbocycles. The second kappa shape index (κ2) is 10.8. The Kier molecular flexibility index (Phi) is 8.02. The lowest BCUT2D eigenvalue weighted by Gasteiger charge is -2.09. The molecule has 1 amide bonds. The van der Waals surface area contributed by atoms with Crippen LogP contribution in [0.3, 0.4) is 0 Å². The van der Waals surface area contributed by atoms with Crippen LogP contribution in [-0.4, -0.2) is 19.2 Å². The average molecular weight is 654 g/mol. The molecule has 3 rings (SSSR count). The topological polar surface area (TPSA) is 139 Å². The molecule has 0 aliphatic rings.